The fraction of sp³-hybridized carbons (Fsp3) is 0.0526. The molecule has 0 atom stereocenters. The second-order valence-electron chi connectivity index (χ2n) is 5.09. The van der Waals surface area contributed by atoms with E-state index in [2.05, 4.69) is 4.74 Å². The molecule has 0 aliphatic rings. The van der Waals surface area contributed by atoms with Crippen molar-refractivity contribution in [2.24, 2.45) is 0 Å². The van der Waals surface area contributed by atoms with E-state index in [0.717, 1.165) is 10.3 Å². The molecule has 24 heavy (non-hydrogen) atoms. The molecule has 120 valence electrons. The van der Waals surface area contributed by atoms with E-state index in [0.29, 0.717) is 15.8 Å². The van der Waals surface area contributed by atoms with Gasteiger partial charge in [-0.2, -0.15) is 0 Å². The Morgan fingerprint density at radius 3 is 2.46 bits per heavy atom. The zero-order chi connectivity index (χ0) is 17.1. The van der Waals surface area contributed by atoms with Crippen molar-refractivity contribution in [2.45, 2.75) is 0 Å². The second-order valence-corrected chi connectivity index (χ2v) is 6.14. The number of ether oxygens (including phenoxy) is 1. The van der Waals surface area contributed by atoms with Gasteiger partial charge in [0.15, 0.2) is 5.78 Å². The molecule has 1 N–H and O–H groups in total. The van der Waals surface area contributed by atoms with E-state index >= 15 is 0 Å². The number of rotatable bonds is 4. The van der Waals surface area contributed by atoms with Gasteiger partial charge in [-0.3, -0.25) is 4.79 Å². The molecule has 1 aromatic heterocycles. The number of hydrogen-bond acceptors (Lipinski definition) is 5. The Bertz CT molecular complexity index is 936. The average Bonchev–Trinajstić information content (AvgIpc) is 2.96. The Morgan fingerprint density at radius 1 is 1.08 bits per heavy atom. The molecule has 3 rings (SSSR count). The number of hydrogen-bond donors (Lipinski definition) is 1. The predicted octanol–water partition coefficient (Wildman–Crippen LogP) is 4.29. The zero-order valence-corrected chi connectivity index (χ0v) is 13.7. The van der Waals surface area contributed by atoms with Gasteiger partial charge in [0.1, 0.15) is 10.6 Å². The molecular weight excluding hydrogens is 324 g/mol. The summed E-state index contributed by atoms with van der Waals surface area (Å²) in [6.45, 7) is 0. The quantitative estimate of drug-likeness (QED) is 0.438. The predicted molar refractivity (Wildman–Crippen MR) is 94.6 cm³/mol. The minimum absolute atomic E-state index is 0.0197. The summed E-state index contributed by atoms with van der Waals surface area (Å²) in [5, 5.41) is 10.9. The summed E-state index contributed by atoms with van der Waals surface area (Å²) >= 11 is 1.26. The number of methoxy groups -OCH3 is 1. The average molecular weight is 338 g/mol. The summed E-state index contributed by atoms with van der Waals surface area (Å²) in [6, 6.07) is 14.0. The summed E-state index contributed by atoms with van der Waals surface area (Å²) in [4.78, 5) is 24.0. The Balaban J connectivity index is 1.82. The first-order valence-electron chi connectivity index (χ1n) is 7.21. The number of benzene rings is 2. The Hall–Kier alpha value is -2.92. The van der Waals surface area contributed by atoms with Crippen molar-refractivity contribution in [3.8, 4) is 5.75 Å². The van der Waals surface area contributed by atoms with Gasteiger partial charge in [0.2, 0.25) is 0 Å². The van der Waals surface area contributed by atoms with Gasteiger partial charge in [0.25, 0.3) is 0 Å². The molecule has 1 heterocycles. The fourth-order valence-electron chi connectivity index (χ4n) is 2.29. The van der Waals surface area contributed by atoms with Crippen molar-refractivity contribution in [1.29, 1.82) is 0 Å². The zero-order valence-electron chi connectivity index (χ0n) is 12.9. The van der Waals surface area contributed by atoms with Crippen LogP contribution < -0.4 is 0 Å². The molecular formula is C19H14O4S. The van der Waals surface area contributed by atoms with Crippen molar-refractivity contribution < 1.29 is 19.4 Å². The Kier molecular flexibility index (Phi) is 4.44. The maximum atomic E-state index is 12.3. The first-order chi connectivity index (χ1) is 11.6. The third kappa shape index (κ3) is 3.07. The highest BCUT2D eigenvalue weighted by Gasteiger charge is 2.15. The molecule has 0 saturated heterocycles. The van der Waals surface area contributed by atoms with Gasteiger partial charge in [0.05, 0.1) is 12.7 Å². The fourth-order valence-corrected chi connectivity index (χ4v) is 3.31. The number of esters is 1. The molecule has 0 fully saturated rings. The molecule has 4 nitrogen and oxygen atoms in total. The minimum atomic E-state index is -0.406. The molecule has 0 aliphatic carbocycles. The summed E-state index contributed by atoms with van der Waals surface area (Å²) in [6.07, 6.45) is 3.06. The Morgan fingerprint density at radius 2 is 1.79 bits per heavy atom. The van der Waals surface area contributed by atoms with Gasteiger partial charge in [0, 0.05) is 10.1 Å². The van der Waals surface area contributed by atoms with Crippen LogP contribution in [0, 0.1) is 0 Å². The third-order valence-electron chi connectivity index (χ3n) is 3.55. The lowest BCUT2D eigenvalue weighted by molar-refractivity contribution is 0.0600. The molecule has 0 amide bonds. The van der Waals surface area contributed by atoms with Gasteiger partial charge in [-0.25, -0.2) is 4.79 Å². The normalized spacial score (nSPS) is 11.0. The van der Waals surface area contributed by atoms with Crippen LogP contribution in [-0.4, -0.2) is 24.0 Å². The Labute approximate surface area is 142 Å². The summed E-state index contributed by atoms with van der Waals surface area (Å²) in [5.41, 5.74) is 1.22. The highest BCUT2D eigenvalue weighted by molar-refractivity contribution is 7.21. The van der Waals surface area contributed by atoms with Crippen LogP contribution in [0.25, 0.3) is 16.2 Å². The number of carbonyl (C=O) groups excluding carboxylic acids is 2. The van der Waals surface area contributed by atoms with E-state index < -0.39 is 5.97 Å². The standard InChI is InChI=1S/C19H14O4S/c1-23-19(22)13-9-6-12(7-10-13)8-11-15(20)18-17(21)14-4-2-3-5-16(14)24-18/h2-11,21H,1H3. The number of aromatic hydroxyl groups is 1. The molecule has 0 unspecified atom stereocenters. The van der Waals surface area contributed by atoms with E-state index in [1.165, 1.54) is 24.5 Å². The third-order valence-corrected chi connectivity index (χ3v) is 4.73. The highest BCUT2D eigenvalue weighted by atomic mass is 32.1. The van der Waals surface area contributed by atoms with Crippen LogP contribution in [0.1, 0.15) is 25.6 Å². The van der Waals surface area contributed by atoms with Crippen LogP contribution in [0.15, 0.2) is 54.6 Å². The highest BCUT2D eigenvalue weighted by Crippen LogP contribution is 2.37. The van der Waals surface area contributed by atoms with Gasteiger partial charge in [-0.15, -0.1) is 11.3 Å². The molecule has 0 aliphatic heterocycles. The second kappa shape index (κ2) is 6.68. The lowest BCUT2D eigenvalue weighted by Crippen LogP contribution is -2.00. The number of fused-ring (bicyclic) bond motifs is 1. The number of thiophene rings is 1. The van der Waals surface area contributed by atoms with Crippen LogP contribution in [0.4, 0.5) is 0 Å². The molecule has 0 saturated carbocycles. The van der Waals surface area contributed by atoms with E-state index in [-0.39, 0.29) is 11.5 Å². The van der Waals surface area contributed by atoms with Crippen molar-refractivity contribution in [3.63, 3.8) is 0 Å². The molecule has 5 heteroatoms. The van der Waals surface area contributed by atoms with Crippen LogP contribution in [-0.2, 0) is 4.74 Å². The van der Waals surface area contributed by atoms with Gasteiger partial charge >= 0.3 is 5.97 Å². The lowest BCUT2D eigenvalue weighted by Gasteiger charge is -1.99. The van der Waals surface area contributed by atoms with Crippen molar-refractivity contribution in [2.75, 3.05) is 7.11 Å². The van der Waals surface area contributed by atoms with Crippen LogP contribution in [0.3, 0.4) is 0 Å². The van der Waals surface area contributed by atoms with E-state index in [9.17, 15) is 14.7 Å². The van der Waals surface area contributed by atoms with Crippen LogP contribution in [0.5, 0.6) is 5.75 Å². The van der Waals surface area contributed by atoms with Crippen LogP contribution >= 0.6 is 11.3 Å². The number of ketones is 1. The summed E-state index contributed by atoms with van der Waals surface area (Å²) in [7, 11) is 1.33. The first kappa shape index (κ1) is 16.0. The van der Waals surface area contributed by atoms with E-state index in [4.69, 9.17) is 0 Å². The summed E-state index contributed by atoms with van der Waals surface area (Å²) < 4.78 is 5.51. The maximum Gasteiger partial charge on any atom is 0.337 e. The first-order valence-corrected chi connectivity index (χ1v) is 8.03. The monoisotopic (exact) mass is 338 g/mol. The van der Waals surface area contributed by atoms with Gasteiger partial charge in [-0.05, 0) is 35.9 Å². The SMILES string of the molecule is COC(=O)c1ccc(C=CC(=O)c2sc3ccccc3c2O)cc1. The van der Waals surface area contributed by atoms with E-state index in [1.54, 1.807) is 36.4 Å². The number of carbonyl (C=O) groups is 2. The topological polar surface area (TPSA) is 63.6 Å². The van der Waals surface area contributed by atoms with Crippen molar-refractivity contribution in [1.82, 2.24) is 0 Å². The summed E-state index contributed by atoms with van der Waals surface area (Å²) in [5.74, 6) is -0.645. The van der Waals surface area contributed by atoms with Gasteiger partial charge in [-0.1, -0.05) is 30.3 Å². The van der Waals surface area contributed by atoms with Gasteiger partial charge < -0.3 is 9.84 Å². The van der Waals surface area contributed by atoms with E-state index in [1.807, 2.05) is 18.2 Å². The van der Waals surface area contributed by atoms with Crippen molar-refractivity contribution >= 4 is 39.3 Å². The smallest absolute Gasteiger partial charge is 0.337 e. The lowest BCUT2D eigenvalue weighted by atomic mass is 10.1. The number of allylic oxidation sites excluding steroid dienone is 1. The molecule has 0 bridgehead atoms. The largest absolute Gasteiger partial charge is 0.506 e. The molecule has 0 spiro atoms. The minimum Gasteiger partial charge on any atom is -0.506 e. The molecule has 0 radical (unpaired) electrons. The van der Waals surface area contributed by atoms with Crippen LogP contribution in [0.2, 0.25) is 0 Å². The maximum absolute atomic E-state index is 12.3. The molecule has 2 aromatic carbocycles. The van der Waals surface area contributed by atoms with Crippen molar-refractivity contribution in [3.05, 3.63) is 70.6 Å². The molecule has 3 aromatic rings.